The minimum atomic E-state index is -0.372. The molecule has 0 aliphatic carbocycles. The summed E-state index contributed by atoms with van der Waals surface area (Å²) >= 11 is 5.79. The molecule has 0 radical (unpaired) electrons. The normalized spacial score (nSPS) is 10.2. The molecule has 0 spiro atoms. The van der Waals surface area contributed by atoms with Crippen molar-refractivity contribution in [1.82, 2.24) is 5.32 Å². The molecule has 0 heterocycles. The summed E-state index contributed by atoms with van der Waals surface area (Å²) < 4.78 is 0. The van der Waals surface area contributed by atoms with Gasteiger partial charge in [-0.1, -0.05) is 23.7 Å². The largest absolute Gasteiger partial charge is 0.508 e. The highest BCUT2D eigenvalue weighted by atomic mass is 35.5. The Morgan fingerprint density at radius 1 is 1.10 bits per heavy atom. The molecule has 2 aromatic rings. The summed E-state index contributed by atoms with van der Waals surface area (Å²) in [5.74, 6) is -0.262. The van der Waals surface area contributed by atoms with Crippen molar-refractivity contribution in [2.45, 2.75) is 6.42 Å². The Morgan fingerprint density at radius 3 is 2.50 bits per heavy atom. The van der Waals surface area contributed by atoms with Gasteiger partial charge in [0.25, 0.3) is 5.91 Å². The lowest BCUT2D eigenvalue weighted by molar-refractivity contribution is 0.0951. The molecule has 0 bridgehead atoms. The second-order valence-corrected chi connectivity index (χ2v) is 4.77. The van der Waals surface area contributed by atoms with E-state index in [4.69, 9.17) is 16.7 Å². The van der Waals surface area contributed by atoms with Crippen molar-refractivity contribution in [1.29, 1.82) is 0 Å². The van der Waals surface area contributed by atoms with Gasteiger partial charge in [-0.05, 0) is 42.3 Å². The Hall–Kier alpha value is -2.20. The lowest BCUT2D eigenvalue weighted by atomic mass is 10.1. The maximum atomic E-state index is 11.9. The van der Waals surface area contributed by atoms with Crippen LogP contribution in [0.3, 0.4) is 0 Å². The zero-order valence-electron chi connectivity index (χ0n) is 10.6. The van der Waals surface area contributed by atoms with Gasteiger partial charge in [-0.25, -0.2) is 0 Å². The number of rotatable bonds is 4. The molecule has 0 saturated carbocycles. The molecule has 0 aliphatic rings. The number of phenolic OH excluding ortho intramolecular Hbond substituents is 2. The first-order valence-electron chi connectivity index (χ1n) is 6.11. The van der Waals surface area contributed by atoms with E-state index in [0.717, 1.165) is 5.56 Å². The van der Waals surface area contributed by atoms with Crippen molar-refractivity contribution in [3.8, 4) is 11.5 Å². The van der Waals surface area contributed by atoms with Gasteiger partial charge in [-0.3, -0.25) is 4.79 Å². The molecule has 20 heavy (non-hydrogen) atoms. The first-order chi connectivity index (χ1) is 9.56. The Labute approximate surface area is 121 Å². The third kappa shape index (κ3) is 3.65. The summed E-state index contributed by atoms with van der Waals surface area (Å²) in [6.07, 6.45) is 0.632. The van der Waals surface area contributed by atoms with Gasteiger partial charge >= 0.3 is 0 Å². The summed E-state index contributed by atoms with van der Waals surface area (Å²) in [6.45, 7) is 0.426. The molecule has 0 fully saturated rings. The fourth-order valence-electron chi connectivity index (χ4n) is 1.77. The summed E-state index contributed by atoms with van der Waals surface area (Å²) in [5.41, 5.74) is 1.15. The van der Waals surface area contributed by atoms with Crippen LogP contribution in [0, 0.1) is 0 Å². The van der Waals surface area contributed by atoms with Gasteiger partial charge < -0.3 is 15.5 Å². The van der Waals surface area contributed by atoms with E-state index in [1.54, 1.807) is 24.3 Å². The van der Waals surface area contributed by atoms with Gasteiger partial charge in [0.05, 0.1) is 5.56 Å². The van der Waals surface area contributed by atoms with Crippen LogP contribution in [0.4, 0.5) is 0 Å². The third-order valence-corrected chi connectivity index (χ3v) is 3.07. The van der Waals surface area contributed by atoms with E-state index in [1.165, 1.54) is 18.2 Å². The van der Waals surface area contributed by atoms with E-state index in [-0.39, 0.29) is 23.0 Å². The predicted molar refractivity (Wildman–Crippen MR) is 77.3 cm³/mol. The van der Waals surface area contributed by atoms with Crippen molar-refractivity contribution in [2.75, 3.05) is 6.54 Å². The molecule has 5 heteroatoms. The highest BCUT2D eigenvalue weighted by molar-refractivity contribution is 6.31. The van der Waals surface area contributed by atoms with Gasteiger partial charge in [0.2, 0.25) is 0 Å². The number of phenols is 2. The highest BCUT2D eigenvalue weighted by Crippen LogP contribution is 2.21. The Balaban J connectivity index is 1.92. The fraction of sp³-hybridized carbons (Fsp3) is 0.133. The van der Waals surface area contributed by atoms with Crippen molar-refractivity contribution in [3.63, 3.8) is 0 Å². The number of amides is 1. The molecule has 4 nitrogen and oxygen atoms in total. The van der Waals surface area contributed by atoms with Crippen LogP contribution in [0.1, 0.15) is 15.9 Å². The predicted octanol–water partition coefficient (Wildman–Crippen LogP) is 2.72. The number of nitrogens with one attached hydrogen (secondary N) is 1. The van der Waals surface area contributed by atoms with Crippen molar-refractivity contribution < 1.29 is 15.0 Å². The van der Waals surface area contributed by atoms with Crippen LogP contribution < -0.4 is 5.32 Å². The Bertz CT molecular complexity index is 611. The molecule has 1 amide bonds. The topological polar surface area (TPSA) is 69.6 Å². The zero-order chi connectivity index (χ0) is 14.5. The lowest BCUT2D eigenvalue weighted by Crippen LogP contribution is -2.25. The van der Waals surface area contributed by atoms with E-state index in [9.17, 15) is 9.90 Å². The molecule has 0 saturated heterocycles. The first-order valence-corrected chi connectivity index (χ1v) is 6.48. The van der Waals surface area contributed by atoms with Crippen molar-refractivity contribution in [3.05, 3.63) is 58.6 Å². The van der Waals surface area contributed by atoms with E-state index < -0.39 is 0 Å². The van der Waals surface area contributed by atoms with Gasteiger partial charge in [-0.2, -0.15) is 0 Å². The smallest absolute Gasteiger partial charge is 0.255 e. The van der Waals surface area contributed by atoms with Gasteiger partial charge in [-0.15, -0.1) is 0 Å². The highest BCUT2D eigenvalue weighted by Gasteiger charge is 2.10. The molecule has 0 aromatic heterocycles. The van der Waals surface area contributed by atoms with Crippen LogP contribution in [-0.4, -0.2) is 22.7 Å². The van der Waals surface area contributed by atoms with Gasteiger partial charge in [0.1, 0.15) is 11.5 Å². The minimum absolute atomic E-state index is 0.100. The molecule has 2 rings (SSSR count). The number of halogens is 1. The Kier molecular flexibility index (Phi) is 4.48. The first kappa shape index (κ1) is 14.2. The molecular weight excluding hydrogens is 278 g/mol. The molecule has 2 aromatic carbocycles. The molecule has 104 valence electrons. The Morgan fingerprint density at radius 2 is 1.80 bits per heavy atom. The second kappa shape index (κ2) is 6.30. The third-order valence-electron chi connectivity index (χ3n) is 2.84. The molecular formula is C15H14ClNO3. The molecule has 3 N–H and O–H groups in total. The van der Waals surface area contributed by atoms with Crippen molar-refractivity contribution >= 4 is 17.5 Å². The average molecular weight is 292 g/mol. The van der Waals surface area contributed by atoms with Crippen molar-refractivity contribution in [2.24, 2.45) is 0 Å². The lowest BCUT2D eigenvalue weighted by Gasteiger charge is -2.07. The average Bonchev–Trinajstić information content (AvgIpc) is 2.43. The number of benzene rings is 2. The summed E-state index contributed by atoms with van der Waals surface area (Å²) in [4.78, 5) is 11.9. The van der Waals surface area contributed by atoms with Gasteiger partial charge in [0.15, 0.2) is 0 Å². The van der Waals surface area contributed by atoms with E-state index >= 15 is 0 Å². The zero-order valence-corrected chi connectivity index (χ0v) is 11.4. The van der Waals surface area contributed by atoms with Crippen LogP contribution >= 0.6 is 11.6 Å². The number of hydrogen-bond acceptors (Lipinski definition) is 3. The number of aromatic hydroxyl groups is 2. The maximum Gasteiger partial charge on any atom is 0.255 e. The second-order valence-electron chi connectivity index (χ2n) is 4.33. The van der Waals surface area contributed by atoms with Crippen LogP contribution in [0.15, 0.2) is 42.5 Å². The quantitative estimate of drug-likeness (QED) is 0.811. The van der Waals surface area contributed by atoms with Crippen LogP contribution in [0.2, 0.25) is 5.02 Å². The van der Waals surface area contributed by atoms with Gasteiger partial charge in [0, 0.05) is 11.6 Å². The fourth-order valence-corrected chi connectivity index (χ4v) is 1.94. The van der Waals surface area contributed by atoms with Crippen LogP contribution in [0.25, 0.3) is 0 Å². The summed E-state index contributed by atoms with van der Waals surface area (Å²) in [7, 11) is 0. The summed E-state index contributed by atoms with van der Waals surface area (Å²) in [6, 6.07) is 11.1. The minimum Gasteiger partial charge on any atom is -0.508 e. The monoisotopic (exact) mass is 291 g/mol. The number of carbonyl (C=O) groups excluding carboxylic acids is 1. The maximum absolute atomic E-state index is 11.9. The molecule has 0 aliphatic heterocycles. The molecule has 0 atom stereocenters. The van der Waals surface area contributed by atoms with Crippen LogP contribution in [0.5, 0.6) is 11.5 Å². The number of carbonyl (C=O) groups is 1. The summed E-state index contributed by atoms with van der Waals surface area (Å²) in [5, 5.41) is 21.9. The van der Waals surface area contributed by atoms with E-state index in [0.29, 0.717) is 18.0 Å². The number of hydrogen-bond donors (Lipinski definition) is 3. The van der Waals surface area contributed by atoms with Crippen LogP contribution in [-0.2, 0) is 6.42 Å². The SMILES string of the molecule is O=C(NCCc1ccc(O)cc1)c1cc(Cl)ccc1O. The molecule has 0 unspecified atom stereocenters. The van der Waals surface area contributed by atoms with E-state index in [2.05, 4.69) is 5.32 Å². The standard InChI is InChI=1S/C15H14ClNO3/c16-11-3-6-14(19)13(9-11)15(20)17-8-7-10-1-4-12(18)5-2-10/h1-6,9,18-19H,7-8H2,(H,17,20). The van der Waals surface area contributed by atoms with E-state index in [1.807, 2.05) is 0 Å².